The lowest BCUT2D eigenvalue weighted by Crippen LogP contribution is -2.32. The van der Waals surface area contributed by atoms with Crippen molar-refractivity contribution in [3.63, 3.8) is 0 Å². The molecule has 0 spiro atoms. The zero-order valence-corrected chi connectivity index (χ0v) is 21.3. The van der Waals surface area contributed by atoms with E-state index >= 15 is 0 Å². The average Bonchev–Trinajstić information content (AvgIpc) is 3.07. The lowest BCUT2D eigenvalue weighted by atomic mass is 9.95. The Bertz CT molecular complexity index is 1040. The number of likely N-dealkylation sites (tertiary alicyclic amines) is 1. The Morgan fingerprint density at radius 1 is 1.03 bits per heavy atom. The molecule has 1 atom stereocenters. The highest BCUT2D eigenvalue weighted by atomic mass is 16.5. The number of hydrogen-bond donors (Lipinski definition) is 1. The number of amides is 1. The SMILES string of the molecule is CCCOc1ccc(C2/C(=C(\O)c3ccc(OC(C)C)cc3)C(=O)C(=O)N2CCCN(C)C)cc1. The lowest BCUT2D eigenvalue weighted by Gasteiger charge is -2.26. The highest BCUT2D eigenvalue weighted by Crippen LogP contribution is 2.40. The quantitative estimate of drug-likeness (QED) is 0.287. The maximum absolute atomic E-state index is 13.2. The molecule has 1 unspecified atom stereocenters. The molecule has 1 N–H and O–H groups in total. The molecule has 1 saturated heterocycles. The topological polar surface area (TPSA) is 79.3 Å². The van der Waals surface area contributed by atoms with Crippen molar-refractivity contribution in [2.24, 2.45) is 0 Å². The van der Waals surface area contributed by atoms with Gasteiger partial charge in [-0.2, -0.15) is 0 Å². The molecule has 2 aromatic rings. The molecular formula is C28H36N2O5. The maximum Gasteiger partial charge on any atom is 0.295 e. The van der Waals surface area contributed by atoms with Gasteiger partial charge in [-0.1, -0.05) is 19.1 Å². The summed E-state index contributed by atoms with van der Waals surface area (Å²) in [6, 6.07) is 13.6. The molecule has 1 heterocycles. The van der Waals surface area contributed by atoms with Crippen LogP contribution in [0.1, 0.15) is 50.8 Å². The maximum atomic E-state index is 13.2. The summed E-state index contributed by atoms with van der Waals surface area (Å²) in [7, 11) is 3.93. The Morgan fingerprint density at radius 3 is 2.23 bits per heavy atom. The number of Topliss-reactive ketones (excluding diaryl/α,β-unsaturated/α-hetero) is 1. The van der Waals surface area contributed by atoms with Crippen LogP contribution < -0.4 is 9.47 Å². The van der Waals surface area contributed by atoms with Crippen LogP contribution >= 0.6 is 0 Å². The van der Waals surface area contributed by atoms with E-state index in [2.05, 4.69) is 0 Å². The summed E-state index contributed by atoms with van der Waals surface area (Å²) < 4.78 is 11.4. The van der Waals surface area contributed by atoms with Gasteiger partial charge >= 0.3 is 0 Å². The number of carbonyl (C=O) groups is 2. The van der Waals surface area contributed by atoms with Crippen LogP contribution in [-0.2, 0) is 9.59 Å². The Labute approximate surface area is 207 Å². The minimum absolute atomic E-state index is 0.0196. The average molecular weight is 481 g/mol. The Morgan fingerprint density at radius 2 is 1.66 bits per heavy atom. The van der Waals surface area contributed by atoms with Crippen molar-refractivity contribution < 1.29 is 24.2 Å². The molecule has 1 fully saturated rings. The molecule has 1 aliphatic heterocycles. The monoisotopic (exact) mass is 480 g/mol. The number of benzene rings is 2. The van der Waals surface area contributed by atoms with Crippen molar-refractivity contribution in [1.82, 2.24) is 9.80 Å². The second kappa shape index (κ2) is 11.9. The number of ether oxygens (including phenoxy) is 2. The van der Waals surface area contributed by atoms with E-state index < -0.39 is 17.7 Å². The number of nitrogens with zero attached hydrogens (tertiary/aromatic N) is 2. The zero-order valence-electron chi connectivity index (χ0n) is 21.3. The molecule has 7 heteroatoms. The first kappa shape index (κ1) is 26.3. The third-order valence-electron chi connectivity index (χ3n) is 5.71. The van der Waals surface area contributed by atoms with Crippen molar-refractivity contribution in [1.29, 1.82) is 0 Å². The Hall–Kier alpha value is -3.32. The molecule has 3 rings (SSSR count). The fourth-order valence-electron chi connectivity index (χ4n) is 4.10. The van der Waals surface area contributed by atoms with Gasteiger partial charge in [0.1, 0.15) is 17.3 Å². The Balaban J connectivity index is 2.01. The van der Waals surface area contributed by atoms with Gasteiger partial charge in [0, 0.05) is 12.1 Å². The molecule has 2 aromatic carbocycles. The molecule has 188 valence electrons. The van der Waals surface area contributed by atoms with Gasteiger partial charge in [-0.05, 0) is 89.3 Å². The molecule has 0 radical (unpaired) electrons. The number of rotatable bonds is 11. The number of aliphatic hydroxyl groups excluding tert-OH is 1. The predicted octanol–water partition coefficient (Wildman–Crippen LogP) is 4.64. The molecule has 0 aliphatic carbocycles. The van der Waals surface area contributed by atoms with Crippen LogP contribution in [-0.4, -0.2) is 66.5 Å². The second-order valence-electron chi connectivity index (χ2n) is 9.26. The molecule has 7 nitrogen and oxygen atoms in total. The van der Waals surface area contributed by atoms with Gasteiger partial charge in [0.05, 0.1) is 24.3 Å². The van der Waals surface area contributed by atoms with E-state index in [1.165, 1.54) is 0 Å². The van der Waals surface area contributed by atoms with Gasteiger partial charge in [0.2, 0.25) is 0 Å². The van der Waals surface area contributed by atoms with Crippen LogP contribution in [0, 0.1) is 0 Å². The zero-order chi connectivity index (χ0) is 25.5. The normalized spacial score (nSPS) is 17.5. The van der Waals surface area contributed by atoms with E-state index in [4.69, 9.17) is 9.47 Å². The fourth-order valence-corrected chi connectivity index (χ4v) is 4.10. The van der Waals surface area contributed by atoms with Crippen molar-refractivity contribution in [3.05, 3.63) is 65.2 Å². The van der Waals surface area contributed by atoms with E-state index in [1.54, 1.807) is 29.2 Å². The molecular weight excluding hydrogens is 444 g/mol. The van der Waals surface area contributed by atoms with Gasteiger partial charge in [0.25, 0.3) is 11.7 Å². The third-order valence-corrected chi connectivity index (χ3v) is 5.71. The number of aliphatic hydroxyl groups is 1. The summed E-state index contributed by atoms with van der Waals surface area (Å²) in [5, 5.41) is 11.2. The third kappa shape index (κ3) is 6.42. The number of carbonyl (C=O) groups excluding carboxylic acids is 2. The minimum atomic E-state index is -0.677. The van der Waals surface area contributed by atoms with E-state index in [0.29, 0.717) is 30.9 Å². The minimum Gasteiger partial charge on any atom is -0.507 e. The first-order valence-corrected chi connectivity index (χ1v) is 12.2. The van der Waals surface area contributed by atoms with Crippen LogP contribution in [0.25, 0.3) is 5.76 Å². The molecule has 0 saturated carbocycles. The largest absolute Gasteiger partial charge is 0.507 e. The standard InChI is InChI=1S/C28H36N2O5/c1-6-18-34-22-12-8-20(9-13-22)25-24(27(32)28(33)30(25)17-7-16-29(4)5)26(31)21-10-14-23(15-11-21)35-19(2)3/h8-15,19,25,31H,6-7,16-18H2,1-5H3/b26-24+. The Kier molecular flexibility index (Phi) is 8.93. The molecule has 35 heavy (non-hydrogen) atoms. The van der Waals surface area contributed by atoms with Crippen molar-refractivity contribution in [3.8, 4) is 11.5 Å². The van der Waals surface area contributed by atoms with Crippen LogP contribution in [0.2, 0.25) is 0 Å². The summed E-state index contributed by atoms with van der Waals surface area (Å²) in [6.07, 6.45) is 1.62. The summed E-state index contributed by atoms with van der Waals surface area (Å²) in [5.41, 5.74) is 1.30. The van der Waals surface area contributed by atoms with Crippen LogP contribution in [0.5, 0.6) is 11.5 Å². The van der Waals surface area contributed by atoms with Gasteiger partial charge in [-0.15, -0.1) is 0 Å². The lowest BCUT2D eigenvalue weighted by molar-refractivity contribution is -0.139. The first-order valence-electron chi connectivity index (χ1n) is 12.2. The van der Waals surface area contributed by atoms with E-state index in [0.717, 1.165) is 24.3 Å². The highest BCUT2D eigenvalue weighted by Gasteiger charge is 2.45. The van der Waals surface area contributed by atoms with Crippen molar-refractivity contribution >= 4 is 17.4 Å². The van der Waals surface area contributed by atoms with Gasteiger partial charge in [-0.3, -0.25) is 9.59 Å². The number of hydrogen-bond acceptors (Lipinski definition) is 6. The summed E-state index contributed by atoms with van der Waals surface area (Å²) in [5.74, 6) is -0.0702. The highest BCUT2D eigenvalue weighted by molar-refractivity contribution is 6.46. The smallest absolute Gasteiger partial charge is 0.295 e. The fraction of sp³-hybridized carbons (Fsp3) is 0.429. The van der Waals surface area contributed by atoms with Crippen LogP contribution in [0.3, 0.4) is 0 Å². The van der Waals surface area contributed by atoms with Gasteiger partial charge in [-0.25, -0.2) is 0 Å². The molecule has 1 amide bonds. The second-order valence-corrected chi connectivity index (χ2v) is 9.26. The molecule has 0 aromatic heterocycles. The van der Waals surface area contributed by atoms with Crippen molar-refractivity contribution in [2.75, 3.05) is 33.8 Å². The van der Waals surface area contributed by atoms with Crippen LogP contribution in [0.15, 0.2) is 54.1 Å². The first-order chi connectivity index (χ1) is 16.7. The summed E-state index contributed by atoms with van der Waals surface area (Å²) >= 11 is 0. The molecule has 1 aliphatic rings. The molecule has 0 bridgehead atoms. The number of ketones is 1. The van der Waals surface area contributed by atoms with E-state index in [-0.39, 0.29) is 17.4 Å². The summed E-state index contributed by atoms with van der Waals surface area (Å²) in [6.45, 7) is 7.70. The van der Waals surface area contributed by atoms with Gasteiger partial charge in [0.15, 0.2) is 0 Å². The van der Waals surface area contributed by atoms with Crippen LogP contribution in [0.4, 0.5) is 0 Å². The summed E-state index contributed by atoms with van der Waals surface area (Å²) in [4.78, 5) is 29.8. The van der Waals surface area contributed by atoms with Crippen molar-refractivity contribution in [2.45, 2.75) is 45.8 Å². The van der Waals surface area contributed by atoms with E-state index in [9.17, 15) is 14.7 Å². The van der Waals surface area contributed by atoms with E-state index in [1.807, 2.05) is 64.0 Å². The van der Waals surface area contributed by atoms with Gasteiger partial charge < -0.3 is 24.4 Å². The predicted molar refractivity (Wildman–Crippen MR) is 137 cm³/mol.